The Kier molecular flexibility index (Phi) is 4.27. The maximum absolute atomic E-state index is 6.66. The predicted octanol–water partition coefficient (Wildman–Crippen LogP) is 4.88. The Morgan fingerprint density at radius 2 is 1.89 bits per heavy atom. The Hall–Kier alpha value is -0.530. The van der Waals surface area contributed by atoms with Crippen LogP contribution in [0.15, 0.2) is 18.2 Å². The fourth-order valence-corrected chi connectivity index (χ4v) is 3.41. The maximum atomic E-state index is 6.66. The van der Waals surface area contributed by atoms with Gasteiger partial charge in [-0.2, -0.15) is 0 Å². The van der Waals surface area contributed by atoms with Crippen molar-refractivity contribution >= 4 is 11.6 Å². The van der Waals surface area contributed by atoms with Gasteiger partial charge in [0.25, 0.3) is 0 Å². The highest BCUT2D eigenvalue weighted by atomic mass is 35.5. The molecule has 2 N–H and O–H groups in total. The molecule has 0 spiro atoms. The molecule has 2 rings (SSSR count). The van der Waals surface area contributed by atoms with Crippen LogP contribution in [-0.2, 0) is 6.42 Å². The number of benzene rings is 1. The van der Waals surface area contributed by atoms with Gasteiger partial charge in [0.05, 0.1) is 0 Å². The van der Waals surface area contributed by atoms with Crippen molar-refractivity contribution in [3.63, 3.8) is 0 Å². The van der Waals surface area contributed by atoms with Crippen molar-refractivity contribution in [3.05, 3.63) is 34.3 Å². The molecular formula is C17H26ClN. The number of hydrogen-bond acceptors (Lipinski definition) is 1. The molecule has 1 fully saturated rings. The number of rotatable bonds is 2. The van der Waals surface area contributed by atoms with Crippen molar-refractivity contribution < 1.29 is 0 Å². The highest BCUT2D eigenvalue weighted by Gasteiger charge is 2.32. The molecule has 1 aliphatic rings. The van der Waals surface area contributed by atoms with Crippen LogP contribution in [0.3, 0.4) is 0 Å². The van der Waals surface area contributed by atoms with Crippen molar-refractivity contribution in [2.75, 3.05) is 0 Å². The van der Waals surface area contributed by atoms with E-state index < -0.39 is 0 Å². The lowest BCUT2D eigenvalue weighted by Gasteiger charge is -2.30. The van der Waals surface area contributed by atoms with E-state index in [4.69, 9.17) is 17.3 Å². The second-order valence-corrected chi connectivity index (χ2v) is 7.56. The Bertz CT molecular complexity index is 453. The summed E-state index contributed by atoms with van der Waals surface area (Å²) in [5.41, 5.74) is 9.44. The van der Waals surface area contributed by atoms with E-state index in [0.717, 1.165) is 24.3 Å². The summed E-state index contributed by atoms with van der Waals surface area (Å²) in [6.07, 6.45) is 6.85. The van der Waals surface area contributed by atoms with Gasteiger partial charge in [-0.25, -0.2) is 0 Å². The van der Waals surface area contributed by atoms with E-state index in [0.29, 0.717) is 5.41 Å². The van der Waals surface area contributed by atoms with Gasteiger partial charge in [-0.15, -0.1) is 0 Å². The summed E-state index contributed by atoms with van der Waals surface area (Å²) in [6.45, 7) is 6.79. The van der Waals surface area contributed by atoms with Crippen LogP contribution in [0, 0.1) is 12.3 Å². The van der Waals surface area contributed by atoms with Gasteiger partial charge in [0.15, 0.2) is 0 Å². The predicted molar refractivity (Wildman–Crippen MR) is 83.7 cm³/mol. The van der Waals surface area contributed by atoms with Crippen molar-refractivity contribution in [2.45, 2.75) is 64.8 Å². The molecule has 0 aromatic heterocycles. The van der Waals surface area contributed by atoms with Crippen molar-refractivity contribution in [1.82, 2.24) is 0 Å². The SMILES string of the molecule is Cc1ccc(CC2(N)CCCC(C)(C)CC2)c(Cl)c1. The van der Waals surface area contributed by atoms with E-state index in [9.17, 15) is 0 Å². The van der Waals surface area contributed by atoms with Crippen LogP contribution < -0.4 is 5.73 Å². The van der Waals surface area contributed by atoms with Gasteiger partial charge in [0.1, 0.15) is 0 Å². The average Bonchev–Trinajstić information content (AvgIpc) is 2.43. The molecule has 1 saturated carbocycles. The van der Waals surface area contributed by atoms with E-state index >= 15 is 0 Å². The third-order valence-electron chi connectivity index (χ3n) is 4.58. The zero-order valence-corrected chi connectivity index (χ0v) is 13.2. The molecule has 19 heavy (non-hydrogen) atoms. The summed E-state index contributed by atoms with van der Waals surface area (Å²) >= 11 is 6.35. The first-order chi connectivity index (χ1) is 8.80. The summed E-state index contributed by atoms with van der Waals surface area (Å²) in [7, 11) is 0. The van der Waals surface area contributed by atoms with Crippen LogP contribution in [-0.4, -0.2) is 5.54 Å². The molecule has 0 aliphatic heterocycles. The molecule has 0 bridgehead atoms. The molecule has 2 heteroatoms. The largest absolute Gasteiger partial charge is 0.325 e. The van der Waals surface area contributed by atoms with Crippen molar-refractivity contribution in [2.24, 2.45) is 11.1 Å². The minimum atomic E-state index is -0.0767. The molecule has 1 atom stereocenters. The molecule has 1 nitrogen and oxygen atoms in total. The summed E-state index contributed by atoms with van der Waals surface area (Å²) in [4.78, 5) is 0. The van der Waals surface area contributed by atoms with Crippen molar-refractivity contribution in [3.8, 4) is 0 Å². The van der Waals surface area contributed by atoms with E-state index in [1.165, 1.54) is 30.4 Å². The van der Waals surface area contributed by atoms with E-state index in [-0.39, 0.29) is 5.54 Å². The zero-order chi connectivity index (χ0) is 14.1. The number of nitrogens with two attached hydrogens (primary N) is 1. The maximum Gasteiger partial charge on any atom is 0.0441 e. The lowest BCUT2D eigenvalue weighted by atomic mass is 9.81. The summed E-state index contributed by atoms with van der Waals surface area (Å²) in [5, 5.41) is 0.869. The highest BCUT2D eigenvalue weighted by molar-refractivity contribution is 6.31. The summed E-state index contributed by atoms with van der Waals surface area (Å²) in [5.74, 6) is 0. The molecule has 0 amide bonds. The molecule has 0 heterocycles. The molecule has 1 aliphatic carbocycles. The summed E-state index contributed by atoms with van der Waals surface area (Å²) in [6, 6.07) is 6.31. The zero-order valence-electron chi connectivity index (χ0n) is 12.4. The van der Waals surface area contributed by atoms with Crippen LogP contribution in [0.5, 0.6) is 0 Å². The minimum Gasteiger partial charge on any atom is -0.325 e. The van der Waals surface area contributed by atoms with Crippen LogP contribution in [0.25, 0.3) is 0 Å². The second kappa shape index (κ2) is 5.46. The molecule has 106 valence electrons. The molecule has 1 aromatic carbocycles. The third-order valence-corrected chi connectivity index (χ3v) is 4.93. The minimum absolute atomic E-state index is 0.0767. The summed E-state index contributed by atoms with van der Waals surface area (Å²) < 4.78 is 0. The number of aryl methyl sites for hydroxylation is 1. The highest BCUT2D eigenvalue weighted by Crippen LogP contribution is 2.38. The lowest BCUT2D eigenvalue weighted by molar-refractivity contribution is 0.297. The third kappa shape index (κ3) is 3.97. The van der Waals surface area contributed by atoms with Gasteiger partial charge in [0.2, 0.25) is 0 Å². The molecular weight excluding hydrogens is 254 g/mol. The fourth-order valence-electron chi connectivity index (χ4n) is 3.11. The van der Waals surface area contributed by atoms with Crippen molar-refractivity contribution in [1.29, 1.82) is 0 Å². The Labute approximate surface area is 122 Å². The standard InChI is InChI=1S/C17H26ClN/c1-13-5-6-14(15(18)11-13)12-17(19)8-4-7-16(2,3)9-10-17/h5-6,11H,4,7-10,12,19H2,1-3H3. The molecule has 0 saturated heterocycles. The first-order valence-corrected chi connectivity index (χ1v) is 7.71. The van der Waals surface area contributed by atoms with Gasteiger partial charge in [-0.05, 0) is 61.6 Å². The normalized spacial score (nSPS) is 27.0. The first-order valence-electron chi connectivity index (χ1n) is 7.34. The van der Waals surface area contributed by atoms with Gasteiger partial charge < -0.3 is 5.73 Å². The van der Waals surface area contributed by atoms with Crippen LogP contribution >= 0.6 is 11.6 Å². The second-order valence-electron chi connectivity index (χ2n) is 7.15. The quantitative estimate of drug-likeness (QED) is 0.767. The monoisotopic (exact) mass is 279 g/mol. The lowest BCUT2D eigenvalue weighted by Crippen LogP contribution is -2.41. The topological polar surface area (TPSA) is 26.0 Å². The van der Waals surface area contributed by atoms with E-state index in [2.05, 4.69) is 32.9 Å². The van der Waals surface area contributed by atoms with E-state index in [1.54, 1.807) is 0 Å². The molecule has 0 radical (unpaired) electrons. The van der Waals surface area contributed by atoms with Crippen LogP contribution in [0.4, 0.5) is 0 Å². The first kappa shape index (κ1) is 14.9. The molecule has 1 aromatic rings. The van der Waals surface area contributed by atoms with E-state index in [1.807, 2.05) is 6.07 Å². The molecule has 1 unspecified atom stereocenters. The number of hydrogen-bond donors (Lipinski definition) is 1. The fraction of sp³-hybridized carbons (Fsp3) is 0.647. The van der Waals surface area contributed by atoms with Gasteiger partial charge in [-0.3, -0.25) is 0 Å². The Morgan fingerprint density at radius 3 is 2.58 bits per heavy atom. The Balaban J connectivity index is 2.12. The average molecular weight is 280 g/mol. The number of halogens is 1. The Morgan fingerprint density at radius 1 is 1.16 bits per heavy atom. The van der Waals surface area contributed by atoms with Gasteiger partial charge in [-0.1, -0.05) is 44.0 Å². The van der Waals surface area contributed by atoms with Gasteiger partial charge >= 0.3 is 0 Å². The van der Waals surface area contributed by atoms with Gasteiger partial charge in [0, 0.05) is 10.6 Å². The van der Waals surface area contributed by atoms with Crippen LogP contribution in [0.1, 0.15) is 57.1 Å². The smallest absolute Gasteiger partial charge is 0.0441 e. The van der Waals surface area contributed by atoms with Crippen LogP contribution in [0.2, 0.25) is 5.02 Å².